The number of ether oxygens (including phenoxy) is 1. The molecule has 0 N–H and O–H groups in total. The SMILES string of the molecule is COc1cc(C=Cc2nc3cnccc3c(=O)n2-c2c(C)cccc2C)ccn1. The molecule has 4 rings (SSSR count). The average Bonchev–Trinajstić information content (AvgIpc) is 2.74. The fourth-order valence-corrected chi connectivity index (χ4v) is 3.35. The van der Waals surface area contributed by atoms with Crippen LogP contribution in [0.5, 0.6) is 5.88 Å². The van der Waals surface area contributed by atoms with Crippen molar-refractivity contribution in [2.24, 2.45) is 0 Å². The summed E-state index contributed by atoms with van der Waals surface area (Å²) in [5, 5.41) is 0.533. The van der Waals surface area contributed by atoms with Crippen LogP contribution in [0.1, 0.15) is 22.5 Å². The Morgan fingerprint density at radius 3 is 2.59 bits per heavy atom. The van der Waals surface area contributed by atoms with Gasteiger partial charge in [0.1, 0.15) is 5.82 Å². The summed E-state index contributed by atoms with van der Waals surface area (Å²) >= 11 is 0. The van der Waals surface area contributed by atoms with Crippen molar-refractivity contribution in [3.05, 3.63) is 87.9 Å². The Hall–Kier alpha value is -3.80. The van der Waals surface area contributed by atoms with Gasteiger partial charge in [0.25, 0.3) is 5.56 Å². The maximum absolute atomic E-state index is 13.4. The second kappa shape index (κ2) is 7.67. The van der Waals surface area contributed by atoms with Crippen LogP contribution in [0.2, 0.25) is 0 Å². The minimum atomic E-state index is -0.123. The molecule has 0 radical (unpaired) electrons. The van der Waals surface area contributed by atoms with Gasteiger partial charge in [0.15, 0.2) is 0 Å². The highest BCUT2D eigenvalue weighted by atomic mass is 16.5. The fourth-order valence-electron chi connectivity index (χ4n) is 3.35. The first kappa shape index (κ1) is 18.6. The van der Waals surface area contributed by atoms with Gasteiger partial charge in [-0.3, -0.25) is 14.3 Å². The highest BCUT2D eigenvalue weighted by Crippen LogP contribution is 2.21. The zero-order valence-corrected chi connectivity index (χ0v) is 16.5. The van der Waals surface area contributed by atoms with E-state index in [0.29, 0.717) is 22.6 Å². The molecule has 0 saturated carbocycles. The van der Waals surface area contributed by atoms with Crippen LogP contribution in [0, 0.1) is 13.8 Å². The van der Waals surface area contributed by atoms with Gasteiger partial charge in [0.05, 0.1) is 29.9 Å². The molecule has 0 aliphatic carbocycles. The highest BCUT2D eigenvalue weighted by Gasteiger charge is 2.14. The molecule has 0 bridgehead atoms. The number of fused-ring (bicyclic) bond motifs is 1. The second-order valence-electron chi connectivity index (χ2n) is 6.71. The zero-order valence-electron chi connectivity index (χ0n) is 16.5. The van der Waals surface area contributed by atoms with E-state index in [1.165, 1.54) is 0 Å². The number of aromatic nitrogens is 4. The molecule has 4 aromatic rings. The Labute approximate surface area is 168 Å². The standard InChI is InChI=1S/C23H20N4O2/c1-15-5-4-6-16(2)22(15)27-20(8-7-17-9-12-25-21(13-17)29-3)26-19-14-24-11-10-18(19)23(27)28/h4-14H,1-3H3. The van der Waals surface area contributed by atoms with E-state index >= 15 is 0 Å². The monoisotopic (exact) mass is 384 g/mol. The van der Waals surface area contributed by atoms with Crippen LogP contribution in [-0.4, -0.2) is 26.6 Å². The lowest BCUT2D eigenvalue weighted by atomic mass is 10.1. The van der Waals surface area contributed by atoms with Crippen molar-refractivity contribution in [2.75, 3.05) is 7.11 Å². The van der Waals surface area contributed by atoms with E-state index in [0.717, 1.165) is 22.4 Å². The highest BCUT2D eigenvalue weighted by molar-refractivity contribution is 5.79. The summed E-state index contributed by atoms with van der Waals surface area (Å²) in [6.07, 6.45) is 8.61. The summed E-state index contributed by atoms with van der Waals surface area (Å²) in [4.78, 5) is 26.4. The number of aryl methyl sites for hydroxylation is 2. The molecule has 0 unspecified atom stereocenters. The maximum atomic E-state index is 13.4. The van der Waals surface area contributed by atoms with Gasteiger partial charge in [-0.2, -0.15) is 0 Å². The number of para-hydroxylation sites is 1. The van der Waals surface area contributed by atoms with Gasteiger partial charge < -0.3 is 4.74 Å². The van der Waals surface area contributed by atoms with Crippen LogP contribution in [0.25, 0.3) is 28.7 Å². The van der Waals surface area contributed by atoms with E-state index in [9.17, 15) is 4.79 Å². The number of rotatable bonds is 4. The fraction of sp³-hybridized carbons (Fsp3) is 0.130. The predicted molar refractivity (Wildman–Crippen MR) is 114 cm³/mol. The molecule has 0 aliphatic heterocycles. The van der Waals surface area contributed by atoms with E-state index in [-0.39, 0.29) is 5.56 Å². The summed E-state index contributed by atoms with van der Waals surface area (Å²) < 4.78 is 6.85. The van der Waals surface area contributed by atoms with Gasteiger partial charge in [0.2, 0.25) is 5.88 Å². The normalized spacial score (nSPS) is 11.3. The Kier molecular flexibility index (Phi) is 4.91. The lowest BCUT2D eigenvalue weighted by Crippen LogP contribution is -2.24. The van der Waals surface area contributed by atoms with Crippen molar-refractivity contribution in [3.63, 3.8) is 0 Å². The van der Waals surface area contributed by atoms with Crippen LogP contribution in [0.4, 0.5) is 0 Å². The van der Waals surface area contributed by atoms with Crippen molar-refractivity contribution in [1.29, 1.82) is 0 Å². The maximum Gasteiger partial charge on any atom is 0.266 e. The zero-order chi connectivity index (χ0) is 20.4. The van der Waals surface area contributed by atoms with Crippen LogP contribution in [0.3, 0.4) is 0 Å². The molecule has 29 heavy (non-hydrogen) atoms. The van der Waals surface area contributed by atoms with Gasteiger partial charge in [-0.1, -0.05) is 24.3 Å². The molecule has 3 aromatic heterocycles. The molecule has 0 fully saturated rings. The molecule has 6 nitrogen and oxygen atoms in total. The molecule has 6 heteroatoms. The summed E-state index contributed by atoms with van der Waals surface area (Å²) in [7, 11) is 1.58. The Bertz CT molecular complexity index is 1270. The molecule has 1 aromatic carbocycles. The molecule has 0 atom stereocenters. The largest absolute Gasteiger partial charge is 0.481 e. The molecular weight excluding hydrogens is 364 g/mol. The first-order valence-corrected chi connectivity index (χ1v) is 9.20. The predicted octanol–water partition coefficient (Wildman–Crippen LogP) is 3.97. The summed E-state index contributed by atoms with van der Waals surface area (Å²) in [5.41, 5.74) is 4.18. The molecular formula is C23H20N4O2. The van der Waals surface area contributed by atoms with Gasteiger partial charge in [-0.05, 0) is 48.7 Å². The third kappa shape index (κ3) is 3.52. The summed E-state index contributed by atoms with van der Waals surface area (Å²) in [6.45, 7) is 3.99. The third-order valence-corrected chi connectivity index (χ3v) is 4.75. The Morgan fingerprint density at radius 2 is 1.83 bits per heavy atom. The van der Waals surface area contributed by atoms with E-state index in [1.807, 2.05) is 56.3 Å². The number of benzene rings is 1. The number of hydrogen-bond donors (Lipinski definition) is 0. The molecule has 0 spiro atoms. The van der Waals surface area contributed by atoms with Crippen molar-refractivity contribution >= 4 is 23.1 Å². The number of pyridine rings is 2. The van der Waals surface area contributed by atoms with E-state index < -0.39 is 0 Å². The van der Waals surface area contributed by atoms with Gasteiger partial charge in [-0.25, -0.2) is 9.97 Å². The van der Waals surface area contributed by atoms with Gasteiger partial charge >= 0.3 is 0 Å². The van der Waals surface area contributed by atoms with Crippen molar-refractivity contribution in [3.8, 4) is 11.6 Å². The van der Waals surface area contributed by atoms with Crippen molar-refractivity contribution < 1.29 is 4.74 Å². The molecule has 0 aliphatic rings. The van der Waals surface area contributed by atoms with E-state index in [4.69, 9.17) is 9.72 Å². The first-order chi connectivity index (χ1) is 14.1. The van der Waals surface area contributed by atoms with Crippen LogP contribution in [-0.2, 0) is 0 Å². The molecule has 3 heterocycles. The first-order valence-electron chi connectivity index (χ1n) is 9.20. The average molecular weight is 384 g/mol. The van der Waals surface area contributed by atoms with Crippen LogP contribution < -0.4 is 10.3 Å². The minimum Gasteiger partial charge on any atom is -0.481 e. The number of methoxy groups -OCH3 is 1. The number of nitrogens with zero attached hydrogens (tertiary/aromatic N) is 4. The van der Waals surface area contributed by atoms with Crippen molar-refractivity contribution in [2.45, 2.75) is 13.8 Å². The van der Waals surface area contributed by atoms with Gasteiger partial charge in [0, 0.05) is 18.5 Å². The summed E-state index contributed by atoms with van der Waals surface area (Å²) in [6, 6.07) is 11.4. The van der Waals surface area contributed by atoms with E-state index in [2.05, 4.69) is 9.97 Å². The minimum absolute atomic E-state index is 0.123. The van der Waals surface area contributed by atoms with Crippen LogP contribution >= 0.6 is 0 Å². The second-order valence-corrected chi connectivity index (χ2v) is 6.71. The number of hydrogen-bond acceptors (Lipinski definition) is 5. The topological polar surface area (TPSA) is 69.9 Å². The van der Waals surface area contributed by atoms with E-state index in [1.54, 1.807) is 36.3 Å². The lowest BCUT2D eigenvalue weighted by Gasteiger charge is -2.16. The Balaban J connectivity index is 1.97. The van der Waals surface area contributed by atoms with Gasteiger partial charge in [-0.15, -0.1) is 0 Å². The molecule has 0 saturated heterocycles. The quantitative estimate of drug-likeness (QED) is 0.532. The molecule has 144 valence electrons. The third-order valence-electron chi connectivity index (χ3n) is 4.75. The Morgan fingerprint density at radius 1 is 1.03 bits per heavy atom. The molecule has 0 amide bonds. The smallest absolute Gasteiger partial charge is 0.266 e. The summed E-state index contributed by atoms with van der Waals surface area (Å²) in [5.74, 6) is 1.05. The van der Waals surface area contributed by atoms with Crippen molar-refractivity contribution in [1.82, 2.24) is 19.5 Å². The van der Waals surface area contributed by atoms with Crippen LogP contribution in [0.15, 0.2) is 59.8 Å². The lowest BCUT2D eigenvalue weighted by molar-refractivity contribution is 0.398.